The Morgan fingerprint density at radius 1 is 1.30 bits per heavy atom. The maximum atomic E-state index is 12.4. The SMILES string of the molecule is CCCS(=O)(=O)N[C@H]1C[C@@H](C)N(c2ccccc2)C1=O. The number of para-hydroxylation sites is 1. The van der Waals surface area contributed by atoms with Gasteiger partial charge in [0.1, 0.15) is 6.04 Å². The fourth-order valence-corrected chi connectivity index (χ4v) is 3.83. The van der Waals surface area contributed by atoms with E-state index in [1.165, 1.54) is 0 Å². The highest BCUT2D eigenvalue weighted by molar-refractivity contribution is 7.89. The minimum Gasteiger partial charge on any atom is -0.308 e. The van der Waals surface area contributed by atoms with Crippen molar-refractivity contribution in [3.8, 4) is 0 Å². The Kier molecular flexibility index (Phi) is 4.45. The van der Waals surface area contributed by atoms with Gasteiger partial charge in [0.05, 0.1) is 5.75 Å². The number of nitrogens with one attached hydrogen (secondary N) is 1. The van der Waals surface area contributed by atoms with Crippen LogP contribution in [0.5, 0.6) is 0 Å². The Bertz CT molecular complexity index is 571. The van der Waals surface area contributed by atoms with Gasteiger partial charge in [0.25, 0.3) is 0 Å². The number of nitrogens with zero attached hydrogens (tertiary/aromatic N) is 1. The Morgan fingerprint density at radius 3 is 2.55 bits per heavy atom. The molecule has 2 atom stereocenters. The Hall–Kier alpha value is -1.40. The first-order valence-electron chi connectivity index (χ1n) is 6.82. The maximum absolute atomic E-state index is 12.4. The maximum Gasteiger partial charge on any atom is 0.245 e. The molecule has 1 aliphatic heterocycles. The van der Waals surface area contributed by atoms with E-state index in [4.69, 9.17) is 0 Å². The summed E-state index contributed by atoms with van der Waals surface area (Å²) in [6, 6.07) is 8.67. The Labute approximate surface area is 120 Å². The molecule has 1 N–H and O–H groups in total. The number of hydrogen-bond donors (Lipinski definition) is 1. The second-order valence-electron chi connectivity index (χ2n) is 5.12. The van der Waals surface area contributed by atoms with Gasteiger partial charge in [0.15, 0.2) is 0 Å². The first-order valence-corrected chi connectivity index (χ1v) is 8.48. The van der Waals surface area contributed by atoms with E-state index in [2.05, 4.69) is 4.72 Å². The van der Waals surface area contributed by atoms with Crippen LogP contribution in [0.3, 0.4) is 0 Å². The molecule has 0 aliphatic carbocycles. The van der Waals surface area contributed by atoms with E-state index < -0.39 is 16.1 Å². The molecule has 0 radical (unpaired) electrons. The third-order valence-electron chi connectivity index (χ3n) is 3.38. The second kappa shape index (κ2) is 5.93. The molecule has 0 spiro atoms. The molecule has 0 aromatic heterocycles. The molecule has 2 rings (SSSR count). The molecule has 0 bridgehead atoms. The zero-order valence-electron chi connectivity index (χ0n) is 11.7. The summed E-state index contributed by atoms with van der Waals surface area (Å²) >= 11 is 0. The molecule has 1 aromatic carbocycles. The molecule has 1 aromatic rings. The smallest absolute Gasteiger partial charge is 0.245 e. The third-order valence-corrected chi connectivity index (χ3v) is 4.97. The number of carbonyl (C=O) groups excluding carboxylic acids is 1. The van der Waals surface area contributed by atoms with Crippen molar-refractivity contribution in [3.05, 3.63) is 30.3 Å². The van der Waals surface area contributed by atoms with Crippen LogP contribution in [0, 0.1) is 0 Å². The van der Waals surface area contributed by atoms with E-state index in [-0.39, 0.29) is 17.7 Å². The van der Waals surface area contributed by atoms with E-state index in [0.717, 1.165) is 5.69 Å². The summed E-state index contributed by atoms with van der Waals surface area (Å²) in [6.07, 6.45) is 1.03. The number of anilines is 1. The predicted octanol–water partition coefficient (Wildman–Crippen LogP) is 1.51. The summed E-state index contributed by atoms with van der Waals surface area (Å²) < 4.78 is 26.1. The number of carbonyl (C=O) groups is 1. The Balaban J connectivity index is 2.15. The van der Waals surface area contributed by atoms with Gasteiger partial charge in [0, 0.05) is 11.7 Å². The van der Waals surface area contributed by atoms with Crippen molar-refractivity contribution in [2.45, 2.75) is 38.8 Å². The highest BCUT2D eigenvalue weighted by Crippen LogP contribution is 2.26. The average molecular weight is 296 g/mol. The number of amides is 1. The van der Waals surface area contributed by atoms with Gasteiger partial charge in [-0.05, 0) is 31.9 Å². The monoisotopic (exact) mass is 296 g/mol. The van der Waals surface area contributed by atoms with Gasteiger partial charge in [-0.15, -0.1) is 0 Å². The molecular weight excluding hydrogens is 276 g/mol. The van der Waals surface area contributed by atoms with Gasteiger partial charge in [-0.25, -0.2) is 13.1 Å². The summed E-state index contributed by atoms with van der Waals surface area (Å²) in [5.41, 5.74) is 0.808. The molecule has 1 aliphatic rings. The van der Waals surface area contributed by atoms with Gasteiger partial charge in [0.2, 0.25) is 15.9 Å². The van der Waals surface area contributed by atoms with Crippen LogP contribution in [0.25, 0.3) is 0 Å². The number of benzene rings is 1. The normalized spacial score (nSPS) is 23.3. The van der Waals surface area contributed by atoms with E-state index >= 15 is 0 Å². The molecule has 110 valence electrons. The highest BCUT2D eigenvalue weighted by Gasteiger charge is 2.39. The van der Waals surface area contributed by atoms with E-state index in [1.807, 2.05) is 37.3 Å². The Morgan fingerprint density at radius 2 is 1.95 bits per heavy atom. The van der Waals surface area contributed by atoms with E-state index in [1.54, 1.807) is 11.8 Å². The van der Waals surface area contributed by atoms with Crippen molar-refractivity contribution in [1.82, 2.24) is 4.72 Å². The van der Waals surface area contributed by atoms with Crippen molar-refractivity contribution >= 4 is 21.6 Å². The van der Waals surface area contributed by atoms with Crippen LogP contribution >= 0.6 is 0 Å². The average Bonchev–Trinajstić information content (AvgIpc) is 2.64. The van der Waals surface area contributed by atoms with Gasteiger partial charge < -0.3 is 4.90 Å². The fourth-order valence-electron chi connectivity index (χ4n) is 2.55. The lowest BCUT2D eigenvalue weighted by molar-refractivity contribution is -0.118. The summed E-state index contributed by atoms with van der Waals surface area (Å²) in [6.45, 7) is 3.73. The minimum atomic E-state index is -3.37. The lowest BCUT2D eigenvalue weighted by atomic mass is 10.2. The highest BCUT2D eigenvalue weighted by atomic mass is 32.2. The van der Waals surface area contributed by atoms with Crippen LogP contribution in [-0.2, 0) is 14.8 Å². The van der Waals surface area contributed by atoms with Crippen LogP contribution in [0.4, 0.5) is 5.69 Å². The fraction of sp³-hybridized carbons (Fsp3) is 0.500. The van der Waals surface area contributed by atoms with Crippen molar-refractivity contribution in [1.29, 1.82) is 0 Å². The first kappa shape index (κ1) is 15.0. The van der Waals surface area contributed by atoms with Crippen LogP contribution in [0.1, 0.15) is 26.7 Å². The molecule has 1 fully saturated rings. The summed E-state index contributed by atoms with van der Waals surface area (Å²) in [4.78, 5) is 14.1. The molecule has 1 heterocycles. The quantitative estimate of drug-likeness (QED) is 0.895. The molecule has 1 saturated heterocycles. The predicted molar refractivity (Wildman–Crippen MR) is 79.0 cm³/mol. The summed E-state index contributed by atoms with van der Waals surface area (Å²) in [5, 5.41) is 0. The molecule has 0 saturated carbocycles. The molecule has 0 unspecified atom stereocenters. The number of rotatable bonds is 5. The summed E-state index contributed by atoms with van der Waals surface area (Å²) in [7, 11) is -3.37. The molecule has 5 nitrogen and oxygen atoms in total. The lowest BCUT2D eigenvalue weighted by Crippen LogP contribution is -2.42. The van der Waals surface area contributed by atoms with Crippen molar-refractivity contribution in [2.24, 2.45) is 0 Å². The largest absolute Gasteiger partial charge is 0.308 e. The topological polar surface area (TPSA) is 66.5 Å². The number of hydrogen-bond acceptors (Lipinski definition) is 3. The van der Waals surface area contributed by atoms with Crippen LogP contribution in [-0.4, -0.2) is 32.2 Å². The van der Waals surface area contributed by atoms with E-state index in [9.17, 15) is 13.2 Å². The lowest BCUT2D eigenvalue weighted by Gasteiger charge is -2.21. The standard InChI is InChI=1S/C14H20N2O3S/c1-3-9-20(18,19)15-13-10-11(2)16(14(13)17)12-7-5-4-6-8-12/h4-8,11,13,15H,3,9-10H2,1-2H3/t11-,13+/m1/s1. The second-order valence-corrected chi connectivity index (χ2v) is 6.99. The van der Waals surface area contributed by atoms with Gasteiger partial charge in [-0.1, -0.05) is 25.1 Å². The van der Waals surface area contributed by atoms with Crippen LogP contribution < -0.4 is 9.62 Å². The van der Waals surface area contributed by atoms with Crippen LogP contribution in [0.2, 0.25) is 0 Å². The van der Waals surface area contributed by atoms with Gasteiger partial charge in [-0.2, -0.15) is 0 Å². The third kappa shape index (κ3) is 3.19. The summed E-state index contributed by atoms with van der Waals surface area (Å²) in [5.74, 6) is -0.125. The first-order chi connectivity index (χ1) is 9.44. The number of sulfonamides is 1. The van der Waals surface area contributed by atoms with Crippen molar-refractivity contribution < 1.29 is 13.2 Å². The minimum absolute atomic E-state index is 0.0146. The van der Waals surface area contributed by atoms with Gasteiger partial charge in [-0.3, -0.25) is 4.79 Å². The molecule has 1 amide bonds. The van der Waals surface area contributed by atoms with Crippen molar-refractivity contribution in [2.75, 3.05) is 10.7 Å². The van der Waals surface area contributed by atoms with E-state index in [0.29, 0.717) is 12.8 Å². The zero-order valence-corrected chi connectivity index (χ0v) is 12.6. The molecular formula is C14H20N2O3S. The zero-order chi connectivity index (χ0) is 14.8. The molecule has 6 heteroatoms. The molecule has 20 heavy (non-hydrogen) atoms. The van der Waals surface area contributed by atoms with Crippen molar-refractivity contribution in [3.63, 3.8) is 0 Å². The van der Waals surface area contributed by atoms with Gasteiger partial charge >= 0.3 is 0 Å². The van der Waals surface area contributed by atoms with Crippen LogP contribution in [0.15, 0.2) is 30.3 Å².